The third-order valence-corrected chi connectivity index (χ3v) is 6.34. The lowest BCUT2D eigenvalue weighted by Crippen LogP contribution is -2.35. The van der Waals surface area contributed by atoms with Gasteiger partial charge >= 0.3 is 0 Å². The van der Waals surface area contributed by atoms with Crippen molar-refractivity contribution in [2.75, 3.05) is 20.1 Å². The summed E-state index contributed by atoms with van der Waals surface area (Å²) in [5.74, 6) is 0.0393. The van der Waals surface area contributed by atoms with E-state index >= 15 is 0 Å². The molecule has 0 saturated heterocycles. The van der Waals surface area contributed by atoms with Crippen LogP contribution in [0.25, 0.3) is 0 Å². The molecule has 148 valence electrons. The Morgan fingerprint density at radius 3 is 2.39 bits per heavy atom. The molecule has 1 aliphatic rings. The zero-order valence-electron chi connectivity index (χ0n) is 16.9. The van der Waals surface area contributed by atoms with Crippen molar-refractivity contribution in [1.29, 1.82) is 5.26 Å². The van der Waals surface area contributed by atoms with E-state index in [-0.39, 0.29) is 11.7 Å². The summed E-state index contributed by atoms with van der Waals surface area (Å²) < 4.78 is 14.7. The first-order valence-corrected chi connectivity index (χ1v) is 10.5. The molecule has 1 fully saturated rings. The zero-order valence-corrected chi connectivity index (χ0v) is 16.9. The number of nitrogens with zero attached hydrogens (tertiary/aromatic N) is 2. The van der Waals surface area contributed by atoms with Gasteiger partial charge in [-0.25, -0.2) is 4.39 Å². The molecule has 0 aromatic heterocycles. The molecule has 0 heterocycles. The number of hydrogen-bond donors (Lipinski definition) is 0. The Morgan fingerprint density at radius 1 is 1.04 bits per heavy atom. The topological polar surface area (TPSA) is 27.0 Å². The molecule has 0 N–H and O–H groups in total. The predicted octanol–water partition coefficient (Wildman–Crippen LogP) is 5.73. The summed E-state index contributed by atoms with van der Waals surface area (Å²) in [4.78, 5) is 2.32. The summed E-state index contributed by atoms with van der Waals surface area (Å²) in [6.07, 6.45) is 7.03. The van der Waals surface area contributed by atoms with Crippen LogP contribution in [0.3, 0.4) is 0 Å². The number of halogens is 1. The van der Waals surface area contributed by atoms with Crippen LogP contribution in [0.15, 0.2) is 54.6 Å². The van der Waals surface area contributed by atoms with E-state index in [1.165, 1.54) is 11.6 Å². The van der Waals surface area contributed by atoms with E-state index in [9.17, 15) is 9.65 Å². The fourth-order valence-corrected chi connectivity index (χ4v) is 4.71. The van der Waals surface area contributed by atoms with Crippen LogP contribution in [0.4, 0.5) is 4.39 Å². The van der Waals surface area contributed by atoms with Crippen LogP contribution in [0.2, 0.25) is 0 Å². The normalized spacial score (nSPS) is 16.8. The van der Waals surface area contributed by atoms with E-state index in [1.54, 1.807) is 6.07 Å². The highest BCUT2D eigenvalue weighted by atomic mass is 19.1. The average Bonchev–Trinajstić information content (AvgIpc) is 3.27. The largest absolute Gasteiger partial charge is 0.306 e. The van der Waals surface area contributed by atoms with Crippen molar-refractivity contribution in [2.45, 2.75) is 50.4 Å². The maximum atomic E-state index is 14.7. The van der Waals surface area contributed by atoms with E-state index in [0.29, 0.717) is 5.56 Å². The lowest BCUT2D eigenvalue weighted by molar-refractivity contribution is 0.273. The molecule has 28 heavy (non-hydrogen) atoms. The molecule has 0 spiro atoms. The molecular weight excluding hydrogens is 347 g/mol. The van der Waals surface area contributed by atoms with Gasteiger partial charge in [0.25, 0.3) is 0 Å². The van der Waals surface area contributed by atoms with Crippen molar-refractivity contribution in [3.05, 3.63) is 71.5 Å². The summed E-state index contributed by atoms with van der Waals surface area (Å²) in [6, 6.07) is 20.0. The minimum Gasteiger partial charge on any atom is -0.306 e. The van der Waals surface area contributed by atoms with Crippen LogP contribution in [-0.2, 0) is 11.8 Å². The van der Waals surface area contributed by atoms with Crippen molar-refractivity contribution < 1.29 is 4.39 Å². The second kappa shape index (κ2) is 9.85. The summed E-state index contributed by atoms with van der Waals surface area (Å²) in [5, 5.41) is 10.2. The van der Waals surface area contributed by atoms with Crippen LogP contribution >= 0.6 is 0 Å². The molecule has 2 aromatic rings. The van der Waals surface area contributed by atoms with Gasteiger partial charge in [0.15, 0.2) is 0 Å². The Balaban J connectivity index is 1.63. The lowest BCUT2D eigenvalue weighted by Gasteiger charge is -2.34. The van der Waals surface area contributed by atoms with Crippen molar-refractivity contribution in [3.8, 4) is 6.07 Å². The summed E-state index contributed by atoms with van der Waals surface area (Å²) in [5.41, 5.74) is 1.26. The second-order valence-corrected chi connectivity index (χ2v) is 8.19. The monoisotopic (exact) mass is 378 g/mol. The van der Waals surface area contributed by atoms with E-state index in [0.717, 1.165) is 58.0 Å². The van der Waals surface area contributed by atoms with Gasteiger partial charge in [-0.1, -0.05) is 61.4 Å². The molecule has 0 bridgehead atoms. The van der Waals surface area contributed by atoms with Gasteiger partial charge in [0.2, 0.25) is 0 Å². The highest BCUT2D eigenvalue weighted by Crippen LogP contribution is 2.45. The Bertz CT molecular complexity index is 777. The Morgan fingerprint density at radius 2 is 1.71 bits per heavy atom. The van der Waals surface area contributed by atoms with Crippen molar-refractivity contribution in [1.82, 2.24) is 4.90 Å². The first-order chi connectivity index (χ1) is 13.7. The highest BCUT2D eigenvalue weighted by molar-refractivity contribution is 5.35. The minimum absolute atomic E-state index is 0.228. The smallest absolute Gasteiger partial charge is 0.128 e. The van der Waals surface area contributed by atoms with Crippen LogP contribution in [0.1, 0.15) is 49.7 Å². The molecular formula is C25H31FN2. The summed E-state index contributed by atoms with van der Waals surface area (Å²) in [6.45, 7) is 1.92. The van der Waals surface area contributed by atoms with Crippen molar-refractivity contribution in [2.24, 2.45) is 5.92 Å². The Kier molecular flexibility index (Phi) is 7.23. The molecule has 1 atom stereocenters. The molecule has 1 aliphatic carbocycles. The predicted molar refractivity (Wildman–Crippen MR) is 113 cm³/mol. The number of likely N-dealkylation sites (N-methyl/N-ethyl adjacent to an activating group) is 1. The van der Waals surface area contributed by atoms with E-state index in [4.69, 9.17) is 0 Å². The van der Waals surface area contributed by atoms with Gasteiger partial charge in [0.05, 0.1) is 11.5 Å². The molecule has 3 heteroatoms. The zero-order chi connectivity index (χ0) is 19.8. The first kappa shape index (κ1) is 20.6. The molecule has 0 aliphatic heterocycles. The third-order valence-electron chi connectivity index (χ3n) is 6.34. The van der Waals surface area contributed by atoms with Crippen molar-refractivity contribution >= 4 is 0 Å². The van der Waals surface area contributed by atoms with E-state index < -0.39 is 5.41 Å². The Hall–Kier alpha value is -2.18. The van der Waals surface area contributed by atoms with Crippen LogP contribution < -0.4 is 0 Å². The average molecular weight is 379 g/mol. The van der Waals surface area contributed by atoms with Crippen LogP contribution in [-0.4, -0.2) is 25.0 Å². The maximum absolute atomic E-state index is 14.7. The molecule has 0 amide bonds. The summed E-state index contributed by atoms with van der Waals surface area (Å²) in [7, 11) is 2.13. The van der Waals surface area contributed by atoms with Crippen LogP contribution in [0, 0.1) is 23.1 Å². The van der Waals surface area contributed by atoms with Gasteiger partial charge in [-0.15, -0.1) is 0 Å². The number of benzene rings is 2. The van der Waals surface area contributed by atoms with Crippen LogP contribution in [0.5, 0.6) is 0 Å². The third kappa shape index (κ3) is 4.80. The van der Waals surface area contributed by atoms with Gasteiger partial charge in [-0.3, -0.25) is 0 Å². The molecule has 2 aromatic carbocycles. The summed E-state index contributed by atoms with van der Waals surface area (Å²) >= 11 is 0. The van der Waals surface area contributed by atoms with Gasteiger partial charge in [0, 0.05) is 12.1 Å². The SMILES string of the molecule is CN(CCCC(C#N)(c1ccccc1F)C1CCCC1)CCc1ccccc1. The maximum Gasteiger partial charge on any atom is 0.128 e. The van der Waals surface area contributed by atoms with Gasteiger partial charge in [-0.05, 0) is 63.2 Å². The standard InChI is InChI=1S/C25H31FN2/c1-28(19-16-21-10-3-2-4-11-21)18-9-17-25(20-27,22-12-5-6-13-22)23-14-7-8-15-24(23)26/h2-4,7-8,10-11,14-15,22H,5-6,9,12-13,16-19H2,1H3. The van der Waals surface area contributed by atoms with Gasteiger partial charge in [0.1, 0.15) is 5.82 Å². The molecule has 3 rings (SSSR count). The van der Waals surface area contributed by atoms with E-state index in [2.05, 4.69) is 42.3 Å². The minimum atomic E-state index is -0.692. The fraction of sp³-hybridized carbons (Fsp3) is 0.480. The quantitative estimate of drug-likeness (QED) is 0.557. The first-order valence-electron chi connectivity index (χ1n) is 10.5. The molecule has 1 saturated carbocycles. The number of rotatable bonds is 9. The molecule has 2 nitrogen and oxygen atoms in total. The Labute approximate surface area is 169 Å². The lowest BCUT2D eigenvalue weighted by atomic mass is 9.67. The molecule has 1 unspecified atom stereocenters. The van der Waals surface area contributed by atoms with E-state index in [1.807, 2.05) is 18.2 Å². The van der Waals surface area contributed by atoms with Crippen molar-refractivity contribution in [3.63, 3.8) is 0 Å². The number of nitriles is 1. The van der Waals surface area contributed by atoms with Gasteiger partial charge in [-0.2, -0.15) is 5.26 Å². The fourth-order valence-electron chi connectivity index (χ4n) is 4.71. The second-order valence-electron chi connectivity index (χ2n) is 8.19. The highest BCUT2D eigenvalue weighted by Gasteiger charge is 2.43. The molecule has 0 radical (unpaired) electrons. The van der Waals surface area contributed by atoms with Gasteiger partial charge < -0.3 is 4.90 Å². The number of hydrogen-bond acceptors (Lipinski definition) is 2.